The third-order valence-electron chi connectivity index (χ3n) is 1.45. The van der Waals surface area contributed by atoms with Gasteiger partial charge in [-0.3, -0.25) is 9.78 Å². The number of rotatable bonds is 3. The number of amides is 1. The van der Waals surface area contributed by atoms with Gasteiger partial charge in [0.05, 0.1) is 0 Å². The van der Waals surface area contributed by atoms with Crippen molar-refractivity contribution in [2.75, 3.05) is 0 Å². The molecule has 0 atom stereocenters. The molecule has 0 saturated carbocycles. The molecule has 1 amide bonds. The number of carbonyl (C=O) groups is 1. The van der Waals surface area contributed by atoms with Gasteiger partial charge in [0.15, 0.2) is 0 Å². The van der Waals surface area contributed by atoms with Crippen molar-refractivity contribution in [3.05, 3.63) is 48.5 Å². The quantitative estimate of drug-likeness (QED) is 0.549. The van der Waals surface area contributed by atoms with E-state index in [1.807, 2.05) is 12.1 Å². The first-order valence-corrected chi connectivity index (χ1v) is 3.85. The maximum atomic E-state index is 10.9. The Morgan fingerprint density at radius 2 is 2.31 bits per heavy atom. The lowest BCUT2D eigenvalue weighted by Gasteiger charge is -2.00. The minimum atomic E-state index is -0.188. The van der Waals surface area contributed by atoms with E-state index in [1.165, 1.54) is 6.08 Å². The van der Waals surface area contributed by atoms with Crippen LogP contribution in [0.5, 0.6) is 0 Å². The number of nitrogens with one attached hydrogen (secondary N) is 1. The van der Waals surface area contributed by atoms with Crippen molar-refractivity contribution in [1.82, 2.24) is 10.3 Å². The zero-order chi connectivity index (χ0) is 9.52. The highest BCUT2D eigenvalue weighted by atomic mass is 16.1. The summed E-state index contributed by atoms with van der Waals surface area (Å²) in [6.45, 7) is 3.80. The van der Waals surface area contributed by atoms with E-state index in [2.05, 4.69) is 22.6 Å². The molecule has 3 heteroatoms. The molecular weight excluding hydrogens is 164 g/mol. The van der Waals surface area contributed by atoms with Crippen molar-refractivity contribution >= 4 is 5.91 Å². The van der Waals surface area contributed by atoms with E-state index in [-0.39, 0.29) is 5.91 Å². The smallest absolute Gasteiger partial charge is 0.251 e. The van der Waals surface area contributed by atoms with E-state index < -0.39 is 0 Å². The molecule has 0 radical (unpaired) electrons. The second-order valence-electron chi connectivity index (χ2n) is 2.42. The zero-order valence-electron chi connectivity index (χ0n) is 7.16. The molecule has 0 saturated heterocycles. The molecule has 66 valence electrons. The maximum absolute atomic E-state index is 10.9. The first-order chi connectivity index (χ1) is 6.33. The van der Waals surface area contributed by atoms with Gasteiger partial charge in [-0.25, -0.2) is 0 Å². The van der Waals surface area contributed by atoms with Gasteiger partial charge in [0, 0.05) is 25.0 Å². The number of aromatic nitrogens is 1. The van der Waals surface area contributed by atoms with Gasteiger partial charge in [-0.1, -0.05) is 6.58 Å². The summed E-state index contributed by atoms with van der Waals surface area (Å²) in [7, 11) is 0. The molecular formula is C10H10N2O. The SMILES string of the molecule is C=C=CC(=O)NCc1ccncc1. The van der Waals surface area contributed by atoms with Crippen LogP contribution in [0.15, 0.2) is 42.9 Å². The van der Waals surface area contributed by atoms with Gasteiger partial charge in [0.25, 0.3) is 5.91 Å². The van der Waals surface area contributed by atoms with Gasteiger partial charge in [0.1, 0.15) is 0 Å². The second-order valence-corrected chi connectivity index (χ2v) is 2.42. The topological polar surface area (TPSA) is 42.0 Å². The molecule has 0 aliphatic carbocycles. The van der Waals surface area contributed by atoms with Gasteiger partial charge in [-0.15, -0.1) is 5.73 Å². The highest BCUT2D eigenvalue weighted by Crippen LogP contribution is 1.94. The fourth-order valence-corrected chi connectivity index (χ4v) is 0.834. The molecule has 1 aromatic heterocycles. The summed E-state index contributed by atoms with van der Waals surface area (Å²) < 4.78 is 0. The van der Waals surface area contributed by atoms with Crippen molar-refractivity contribution in [2.45, 2.75) is 6.54 Å². The average molecular weight is 174 g/mol. The fourth-order valence-electron chi connectivity index (χ4n) is 0.834. The Morgan fingerprint density at radius 1 is 1.62 bits per heavy atom. The summed E-state index contributed by atoms with van der Waals surface area (Å²) in [5, 5.41) is 2.68. The number of nitrogens with zero attached hydrogens (tertiary/aromatic N) is 1. The molecule has 0 aliphatic rings. The molecule has 3 nitrogen and oxygen atoms in total. The highest BCUT2D eigenvalue weighted by Gasteiger charge is 1.94. The third-order valence-corrected chi connectivity index (χ3v) is 1.45. The van der Waals surface area contributed by atoms with Gasteiger partial charge >= 0.3 is 0 Å². The molecule has 13 heavy (non-hydrogen) atoms. The molecule has 0 spiro atoms. The molecule has 0 bridgehead atoms. The van der Waals surface area contributed by atoms with Crippen LogP contribution in [-0.2, 0) is 11.3 Å². The van der Waals surface area contributed by atoms with Gasteiger partial charge in [0.2, 0.25) is 0 Å². The highest BCUT2D eigenvalue weighted by molar-refractivity contribution is 5.87. The van der Waals surface area contributed by atoms with Crippen LogP contribution < -0.4 is 5.32 Å². The van der Waals surface area contributed by atoms with E-state index >= 15 is 0 Å². The van der Waals surface area contributed by atoms with Gasteiger partial charge < -0.3 is 5.32 Å². The second kappa shape index (κ2) is 4.91. The monoisotopic (exact) mass is 174 g/mol. The largest absolute Gasteiger partial charge is 0.348 e. The van der Waals surface area contributed by atoms with Gasteiger partial charge in [-0.05, 0) is 17.7 Å². The summed E-state index contributed by atoms with van der Waals surface area (Å²) >= 11 is 0. The van der Waals surface area contributed by atoms with Crippen molar-refractivity contribution in [3.8, 4) is 0 Å². The van der Waals surface area contributed by atoms with E-state index in [9.17, 15) is 4.79 Å². The number of carbonyl (C=O) groups excluding carboxylic acids is 1. The maximum Gasteiger partial charge on any atom is 0.251 e. The van der Waals surface area contributed by atoms with Crippen LogP contribution in [0, 0.1) is 0 Å². The van der Waals surface area contributed by atoms with Crippen molar-refractivity contribution in [1.29, 1.82) is 0 Å². The van der Waals surface area contributed by atoms with E-state index in [1.54, 1.807) is 12.4 Å². The molecule has 1 aromatic rings. The van der Waals surface area contributed by atoms with Crippen LogP contribution in [0.25, 0.3) is 0 Å². The van der Waals surface area contributed by atoms with Crippen molar-refractivity contribution < 1.29 is 4.79 Å². The molecule has 0 unspecified atom stereocenters. The molecule has 1 heterocycles. The average Bonchev–Trinajstić information content (AvgIpc) is 2.17. The molecule has 1 rings (SSSR count). The van der Waals surface area contributed by atoms with Crippen LogP contribution in [0.1, 0.15) is 5.56 Å². The van der Waals surface area contributed by atoms with Crippen LogP contribution >= 0.6 is 0 Å². The van der Waals surface area contributed by atoms with E-state index in [4.69, 9.17) is 0 Å². The molecule has 1 N–H and O–H groups in total. The summed E-state index contributed by atoms with van der Waals surface area (Å²) in [4.78, 5) is 14.8. The molecule has 0 aliphatic heterocycles. The Labute approximate surface area is 76.8 Å². The predicted octanol–water partition coefficient (Wildman–Crippen LogP) is 1.04. The normalized spacial score (nSPS) is 8.62. The minimum Gasteiger partial charge on any atom is -0.348 e. The van der Waals surface area contributed by atoms with E-state index in [0.29, 0.717) is 6.54 Å². The van der Waals surface area contributed by atoms with Gasteiger partial charge in [-0.2, -0.15) is 0 Å². The summed E-state index contributed by atoms with van der Waals surface area (Å²) in [5.41, 5.74) is 3.42. The number of hydrogen-bond donors (Lipinski definition) is 1. The molecule has 0 fully saturated rings. The Kier molecular flexibility index (Phi) is 3.48. The minimum absolute atomic E-state index is 0.188. The van der Waals surface area contributed by atoms with E-state index in [0.717, 1.165) is 5.56 Å². The summed E-state index contributed by atoms with van der Waals surface area (Å²) in [6, 6.07) is 3.69. The lowest BCUT2D eigenvalue weighted by molar-refractivity contribution is -0.116. The fraction of sp³-hybridized carbons (Fsp3) is 0.100. The van der Waals surface area contributed by atoms with Crippen LogP contribution in [-0.4, -0.2) is 10.9 Å². The standard InChI is InChI=1S/C10H10N2O/c1-2-3-10(13)12-8-9-4-6-11-7-5-9/h3-7H,1,8H2,(H,12,13). The first-order valence-electron chi connectivity index (χ1n) is 3.85. The first kappa shape index (κ1) is 9.23. The Bertz CT molecular complexity index is 326. The molecule has 0 aromatic carbocycles. The number of pyridine rings is 1. The Hall–Kier alpha value is -1.86. The summed E-state index contributed by atoms with van der Waals surface area (Å²) in [6.07, 6.45) is 4.64. The van der Waals surface area contributed by atoms with Crippen LogP contribution in [0.4, 0.5) is 0 Å². The van der Waals surface area contributed by atoms with Crippen molar-refractivity contribution in [2.24, 2.45) is 0 Å². The lowest BCUT2D eigenvalue weighted by Crippen LogP contribution is -2.19. The van der Waals surface area contributed by atoms with Crippen LogP contribution in [0.2, 0.25) is 0 Å². The Morgan fingerprint density at radius 3 is 2.92 bits per heavy atom. The zero-order valence-corrected chi connectivity index (χ0v) is 7.16. The Balaban J connectivity index is 2.44. The third kappa shape index (κ3) is 3.36. The van der Waals surface area contributed by atoms with Crippen molar-refractivity contribution in [3.63, 3.8) is 0 Å². The number of hydrogen-bond acceptors (Lipinski definition) is 2. The van der Waals surface area contributed by atoms with Crippen LogP contribution in [0.3, 0.4) is 0 Å². The predicted molar refractivity (Wildman–Crippen MR) is 49.8 cm³/mol. The summed E-state index contributed by atoms with van der Waals surface area (Å²) in [5.74, 6) is -0.188. The lowest BCUT2D eigenvalue weighted by atomic mass is 10.3.